The van der Waals surface area contributed by atoms with E-state index in [1.807, 2.05) is 24.4 Å². The van der Waals surface area contributed by atoms with Crippen LogP contribution in [0.1, 0.15) is 27.8 Å². The van der Waals surface area contributed by atoms with Crippen LogP contribution >= 0.6 is 11.3 Å². The van der Waals surface area contributed by atoms with E-state index in [-0.39, 0.29) is 17.6 Å². The summed E-state index contributed by atoms with van der Waals surface area (Å²) in [5.74, 6) is -0.378. The number of furan rings is 1. The van der Waals surface area contributed by atoms with E-state index in [4.69, 9.17) is 9.40 Å². The molecule has 8 nitrogen and oxygen atoms in total. The lowest BCUT2D eigenvalue weighted by molar-refractivity contribution is 0.0994. The van der Waals surface area contributed by atoms with Crippen molar-refractivity contribution < 1.29 is 14.0 Å². The molecular formula is C24H19N5O3S. The molecule has 0 unspecified atom stereocenters. The molecule has 0 aliphatic rings. The van der Waals surface area contributed by atoms with E-state index in [1.165, 1.54) is 6.26 Å². The van der Waals surface area contributed by atoms with Crippen LogP contribution in [0.2, 0.25) is 0 Å². The summed E-state index contributed by atoms with van der Waals surface area (Å²) in [6.07, 6.45) is 3.11. The van der Waals surface area contributed by atoms with Gasteiger partial charge in [-0.15, -0.1) is 11.3 Å². The van der Waals surface area contributed by atoms with Crippen molar-refractivity contribution in [1.29, 1.82) is 0 Å². The van der Waals surface area contributed by atoms with Crippen LogP contribution in [0.15, 0.2) is 76.9 Å². The van der Waals surface area contributed by atoms with Crippen LogP contribution in [0.5, 0.6) is 0 Å². The number of amides is 2. The molecule has 9 heteroatoms. The maximum atomic E-state index is 13.2. The van der Waals surface area contributed by atoms with E-state index in [0.29, 0.717) is 34.5 Å². The number of anilines is 2. The molecule has 0 spiro atoms. The number of carbonyl (C=O) groups excluding carboxylic acids is 2. The number of nitrogens with one attached hydrogen (secondary N) is 2. The lowest BCUT2D eigenvalue weighted by Gasteiger charge is -2.10. The standard InChI is InChI=1S/C24H19N5O3S/c1-2-29-22-18(14-25-29)17(13-19(28-22)21-6-4-12-33-21)23(30)26-15-7-9-16(10-8-15)27-24(31)20-5-3-11-32-20/h3-14H,2H2,1H3,(H,26,30)(H,27,31). The fraction of sp³-hybridized carbons (Fsp3) is 0.0833. The zero-order chi connectivity index (χ0) is 22.8. The quantitative estimate of drug-likeness (QED) is 0.361. The van der Waals surface area contributed by atoms with Gasteiger partial charge in [-0.05, 0) is 60.8 Å². The van der Waals surface area contributed by atoms with Gasteiger partial charge < -0.3 is 15.1 Å². The number of fused-ring (bicyclic) bond motifs is 1. The Morgan fingerprint density at radius 3 is 2.42 bits per heavy atom. The molecule has 0 atom stereocenters. The minimum absolute atomic E-state index is 0.225. The second-order valence-corrected chi connectivity index (χ2v) is 8.14. The van der Waals surface area contributed by atoms with E-state index >= 15 is 0 Å². The molecule has 0 radical (unpaired) electrons. The maximum Gasteiger partial charge on any atom is 0.291 e. The highest BCUT2D eigenvalue weighted by atomic mass is 32.1. The summed E-state index contributed by atoms with van der Waals surface area (Å²) in [6, 6.07) is 15.8. The molecule has 0 aliphatic carbocycles. The fourth-order valence-corrected chi connectivity index (χ4v) is 4.14. The van der Waals surface area contributed by atoms with Crippen LogP contribution in [-0.2, 0) is 6.54 Å². The number of hydrogen-bond acceptors (Lipinski definition) is 6. The van der Waals surface area contributed by atoms with Gasteiger partial charge in [-0.1, -0.05) is 6.07 Å². The average Bonchev–Trinajstić information content (AvgIpc) is 3.61. The largest absolute Gasteiger partial charge is 0.459 e. The Bertz CT molecular complexity index is 1420. The topological polar surface area (TPSA) is 102 Å². The first-order valence-electron chi connectivity index (χ1n) is 10.3. The Hall–Kier alpha value is -4.24. The van der Waals surface area contributed by atoms with Gasteiger partial charge in [0.15, 0.2) is 11.4 Å². The van der Waals surface area contributed by atoms with Crippen molar-refractivity contribution in [2.24, 2.45) is 0 Å². The summed E-state index contributed by atoms with van der Waals surface area (Å²) in [4.78, 5) is 31.0. The van der Waals surface area contributed by atoms with E-state index in [1.54, 1.807) is 64.7 Å². The second kappa shape index (κ2) is 8.71. The summed E-state index contributed by atoms with van der Waals surface area (Å²) in [6.45, 7) is 2.63. The Labute approximate surface area is 192 Å². The number of aryl methyl sites for hydroxylation is 1. The first kappa shape index (κ1) is 20.7. The molecule has 1 aromatic carbocycles. The first-order valence-corrected chi connectivity index (χ1v) is 11.2. The van der Waals surface area contributed by atoms with Crippen molar-refractivity contribution >= 4 is 45.6 Å². The van der Waals surface area contributed by atoms with Crippen molar-refractivity contribution in [2.75, 3.05) is 10.6 Å². The Balaban J connectivity index is 1.40. The van der Waals surface area contributed by atoms with Crippen molar-refractivity contribution in [3.63, 3.8) is 0 Å². The molecule has 0 saturated heterocycles. The number of benzene rings is 1. The first-order chi connectivity index (χ1) is 16.1. The normalized spacial score (nSPS) is 10.9. The number of pyridine rings is 1. The molecule has 0 aliphatic heterocycles. The second-order valence-electron chi connectivity index (χ2n) is 7.19. The van der Waals surface area contributed by atoms with Gasteiger partial charge in [0, 0.05) is 17.9 Å². The third-order valence-electron chi connectivity index (χ3n) is 5.07. The predicted molar refractivity (Wildman–Crippen MR) is 128 cm³/mol. The van der Waals surface area contributed by atoms with Crippen molar-refractivity contribution in [2.45, 2.75) is 13.5 Å². The summed E-state index contributed by atoms with van der Waals surface area (Å²) < 4.78 is 6.87. The SMILES string of the molecule is CCn1ncc2c(C(=O)Nc3ccc(NC(=O)c4ccco4)cc3)cc(-c3cccs3)nc21. The molecule has 5 aromatic rings. The summed E-state index contributed by atoms with van der Waals surface area (Å²) in [7, 11) is 0. The molecular weight excluding hydrogens is 438 g/mol. The smallest absolute Gasteiger partial charge is 0.291 e. The number of carbonyl (C=O) groups is 2. The summed E-state index contributed by atoms with van der Waals surface area (Å²) >= 11 is 1.57. The molecule has 4 heterocycles. The lowest BCUT2D eigenvalue weighted by Crippen LogP contribution is -2.14. The van der Waals surface area contributed by atoms with Gasteiger partial charge in [0.2, 0.25) is 0 Å². The summed E-state index contributed by atoms with van der Waals surface area (Å²) in [5.41, 5.74) is 3.09. The van der Waals surface area contributed by atoms with Gasteiger partial charge in [0.25, 0.3) is 11.8 Å². The van der Waals surface area contributed by atoms with Gasteiger partial charge in [0.05, 0.1) is 34.0 Å². The van der Waals surface area contributed by atoms with Gasteiger partial charge >= 0.3 is 0 Å². The number of nitrogens with zero attached hydrogens (tertiary/aromatic N) is 3. The molecule has 33 heavy (non-hydrogen) atoms. The van der Waals surface area contributed by atoms with Crippen molar-refractivity contribution in [3.8, 4) is 10.6 Å². The molecule has 5 rings (SSSR count). The minimum atomic E-state index is -0.343. The molecule has 2 N–H and O–H groups in total. The third kappa shape index (κ3) is 4.13. The minimum Gasteiger partial charge on any atom is -0.459 e. The Morgan fingerprint density at radius 1 is 1.03 bits per heavy atom. The molecule has 4 aromatic heterocycles. The highest BCUT2D eigenvalue weighted by Gasteiger charge is 2.18. The number of hydrogen-bond donors (Lipinski definition) is 2. The highest BCUT2D eigenvalue weighted by Crippen LogP contribution is 2.28. The predicted octanol–water partition coefficient (Wildman–Crippen LogP) is 5.28. The maximum absolute atomic E-state index is 13.2. The van der Waals surface area contributed by atoms with Gasteiger partial charge in [-0.3, -0.25) is 9.59 Å². The van der Waals surface area contributed by atoms with Crippen LogP contribution in [0.3, 0.4) is 0 Å². The molecule has 0 fully saturated rings. The van der Waals surface area contributed by atoms with Gasteiger partial charge in [-0.25, -0.2) is 9.67 Å². The van der Waals surface area contributed by atoms with Crippen LogP contribution < -0.4 is 10.6 Å². The van der Waals surface area contributed by atoms with Crippen LogP contribution in [-0.4, -0.2) is 26.6 Å². The molecule has 0 saturated carbocycles. The highest BCUT2D eigenvalue weighted by molar-refractivity contribution is 7.13. The zero-order valence-electron chi connectivity index (χ0n) is 17.6. The molecule has 0 bridgehead atoms. The average molecular weight is 458 g/mol. The zero-order valence-corrected chi connectivity index (χ0v) is 18.4. The lowest BCUT2D eigenvalue weighted by atomic mass is 10.1. The van der Waals surface area contributed by atoms with Crippen LogP contribution in [0, 0.1) is 0 Å². The van der Waals surface area contributed by atoms with Gasteiger partial charge in [0.1, 0.15) is 0 Å². The number of thiophene rings is 1. The number of aromatic nitrogens is 3. The Kier molecular flexibility index (Phi) is 5.45. The van der Waals surface area contributed by atoms with Crippen LogP contribution in [0.25, 0.3) is 21.6 Å². The van der Waals surface area contributed by atoms with E-state index in [9.17, 15) is 9.59 Å². The monoisotopic (exact) mass is 457 g/mol. The third-order valence-corrected chi connectivity index (χ3v) is 5.96. The van der Waals surface area contributed by atoms with E-state index in [0.717, 1.165) is 10.6 Å². The van der Waals surface area contributed by atoms with Crippen molar-refractivity contribution in [1.82, 2.24) is 14.8 Å². The molecule has 2 amide bonds. The van der Waals surface area contributed by atoms with Gasteiger partial charge in [-0.2, -0.15) is 5.10 Å². The number of rotatable bonds is 6. The van der Waals surface area contributed by atoms with Crippen molar-refractivity contribution in [3.05, 3.63) is 83.8 Å². The van der Waals surface area contributed by atoms with E-state index < -0.39 is 0 Å². The fourth-order valence-electron chi connectivity index (χ4n) is 3.45. The van der Waals surface area contributed by atoms with Crippen LogP contribution in [0.4, 0.5) is 11.4 Å². The summed E-state index contributed by atoms with van der Waals surface area (Å²) in [5, 5.41) is 12.7. The van der Waals surface area contributed by atoms with E-state index in [2.05, 4.69) is 15.7 Å². The molecule has 164 valence electrons. The Morgan fingerprint density at radius 2 is 1.79 bits per heavy atom.